The Labute approximate surface area is 143 Å². The summed E-state index contributed by atoms with van der Waals surface area (Å²) in [6.45, 7) is 5.67. The molecule has 1 fully saturated rings. The fourth-order valence-corrected chi connectivity index (χ4v) is 3.95. The van der Waals surface area contributed by atoms with Crippen molar-refractivity contribution < 1.29 is 4.74 Å². The number of fused-ring (bicyclic) bond motifs is 1. The van der Waals surface area contributed by atoms with E-state index in [9.17, 15) is 4.79 Å². The Morgan fingerprint density at radius 3 is 3.21 bits per heavy atom. The summed E-state index contributed by atoms with van der Waals surface area (Å²) < 4.78 is 9.38. The van der Waals surface area contributed by atoms with E-state index in [1.807, 2.05) is 29.2 Å². The number of thiazole rings is 1. The highest BCUT2D eigenvalue weighted by atomic mass is 32.1. The van der Waals surface area contributed by atoms with Gasteiger partial charge in [-0.25, -0.2) is 4.98 Å². The number of hydrogen-bond acceptors (Lipinski definition) is 6. The van der Waals surface area contributed by atoms with E-state index in [-0.39, 0.29) is 11.7 Å². The molecule has 4 heterocycles. The third-order valence-corrected chi connectivity index (χ3v) is 5.13. The highest BCUT2D eigenvalue weighted by Crippen LogP contribution is 2.14. The van der Waals surface area contributed by atoms with Gasteiger partial charge >= 0.3 is 0 Å². The second-order valence-electron chi connectivity index (χ2n) is 6.04. The first-order chi connectivity index (χ1) is 11.7. The molecule has 0 aliphatic carbocycles. The van der Waals surface area contributed by atoms with Gasteiger partial charge < -0.3 is 4.74 Å². The molecule has 0 saturated carbocycles. The molecule has 0 bridgehead atoms. The number of hydrogen-bond donors (Lipinski definition) is 0. The number of morpholine rings is 1. The van der Waals surface area contributed by atoms with Gasteiger partial charge in [0.1, 0.15) is 0 Å². The maximum Gasteiger partial charge on any atom is 0.259 e. The lowest BCUT2D eigenvalue weighted by Gasteiger charge is -2.32. The van der Waals surface area contributed by atoms with Gasteiger partial charge in [0, 0.05) is 49.2 Å². The number of nitrogens with zero attached hydrogens (tertiary/aromatic N) is 5. The van der Waals surface area contributed by atoms with Gasteiger partial charge in [-0.05, 0) is 13.0 Å². The van der Waals surface area contributed by atoms with Crippen LogP contribution in [0.4, 0.5) is 0 Å². The molecule has 126 valence electrons. The third kappa shape index (κ3) is 3.12. The van der Waals surface area contributed by atoms with Crippen LogP contribution in [0.5, 0.6) is 0 Å². The Morgan fingerprint density at radius 1 is 1.46 bits per heavy atom. The number of aryl methyl sites for hydroxylation is 1. The van der Waals surface area contributed by atoms with Crippen molar-refractivity contribution in [1.82, 2.24) is 24.1 Å². The fraction of sp³-hybridized carbons (Fsp3) is 0.438. The Kier molecular flexibility index (Phi) is 4.17. The molecule has 1 aliphatic heterocycles. The maximum absolute atomic E-state index is 12.3. The smallest absolute Gasteiger partial charge is 0.259 e. The van der Waals surface area contributed by atoms with E-state index < -0.39 is 0 Å². The molecule has 1 atom stereocenters. The summed E-state index contributed by atoms with van der Waals surface area (Å²) in [7, 11) is 0. The van der Waals surface area contributed by atoms with Crippen molar-refractivity contribution in [2.75, 3.05) is 19.7 Å². The summed E-state index contributed by atoms with van der Waals surface area (Å²) in [4.78, 5) is 20.0. The van der Waals surface area contributed by atoms with Gasteiger partial charge in [-0.2, -0.15) is 5.10 Å². The van der Waals surface area contributed by atoms with Crippen LogP contribution in [0.15, 0.2) is 34.7 Å². The largest absolute Gasteiger partial charge is 0.374 e. The highest BCUT2D eigenvalue weighted by Gasteiger charge is 2.22. The second-order valence-corrected chi connectivity index (χ2v) is 6.87. The molecule has 1 unspecified atom stereocenters. The zero-order valence-electron chi connectivity index (χ0n) is 13.5. The number of rotatable bonds is 4. The lowest BCUT2D eigenvalue weighted by atomic mass is 10.2. The normalized spacial score (nSPS) is 19.1. The van der Waals surface area contributed by atoms with Gasteiger partial charge in [-0.1, -0.05) is 0 Å². The van der Waals surface area contributed by atoms with Gasteiger partial charge in [0.15, 0.2) is 4.96 Å². The first kappa shape index (κ1) is 15.5. The van der Waals surface area contributed by atoms with Crippen molar-refractivity contribution >= 4 is 16.3 Å². The van der Waals surface area contributed by atoms with Gasteiger partial charge in [0.05, 0.1) is 24.9 Å². The summed E-state index contributed by atoms with van der Waals surface area (Å²) in [5, 5.41) is 6.19. The van der Waals surface area contributed by atoms with E-state index in [2.05, 4.69) is 15.0 Å². The van der Waals surface area contributed by atoms with E-state index >= 15 is 0 Å². The molecule has 1 saturated heterocycles. The van der Waals surface area contributed by atoms with E-state index in [4.69, 9.17) is 4.74 Å². The molecule has 3 aromatic heterocycles. The summed E-state index contributed by atoms with van der Waals surface area (Å²) >= 11 is 1.50. The zero-order valence-corrected chi connectivity index (χ0v) is 14.3. The quantitative estimate of drug-likeness (QED) is 0.710. The summed E-state index contributed by atoms with van der Waals surface area (Å²) in [6, 6.07) is 3.56. The summed E-state index contributed by atoms with van der Waals surface area (Å²) in [5.74, 6) is 0. The van der Waals surface area contributed by atoms with Crippen LogP contribution < -0.4 is 5.56 Å². The molecular formula is C16H19N5O2S. The molecule has 0 aromatic carbocycles. The van der Waals surface area contributed by atoms with E-state index in [1.165, 1.54) is 11.3 Å². The zero-order chi connectivity index (χ0) is 16.5. The van der Waals surface area contributed by atoms with Crippen LogP contribution >= 0.6 is 11.3 Å². The average molecular weight is 345 g/mol. The molecule has 0 amide bonds. The van der Waals surface area contributed by atoms with Crippen molar-refractivity contribution in [3.05, 3.63) is 51.6 Å². The average Bonchev–Trinajstić information content (AvgIpc) is 3.18. The SMILES string of the molecule is Cc1csc2nc(CN3CCOC(Cn4cccn4)C3)cc(=O)n12. The molecule has 24 heavy (non-hydrogen) atoms. The standard InChI is InChI=1S/C16H19N5O2S/c1-12-11-24-16-18-13(7-15(22)21(12)16)8-19-5-6-23-14(9-19)10-20-4-2-3-17-20/h2-4,7,11,14H,5-6,8-10H2,1H3. The van der Waals surface area contributed by atoms with Crippen LogP contribution in [0.2, 0.25) is 0 Å². The van der Waals surface area contributed by atoms with Crippen LogP contribution in [0.3, 0.4) is 0 Å². The topological polar surface area (TPSA) is 64.7 Å². The molecule has 0 radical (unpaired) electrons. The van der Waals surface area contributed by atoms with Crippen LogP contribution in [-0.4, -0.2) is 49.9 Å². The molecule has 0 spiro atoms. The van der Waals surface area contributed by atoms with Crippen LogP contribution in [0.1, 0.15) is 11.4 Å². The first-order valence-electron chi connectivity index (χ1n) is 7.97. The molecule has 7 nitrogen and oxygen atoms in total. The lowest BCUT2D eigenvalue weighted by Crippen LogP contribution is -2.44. The third-order valence-electron chi connectivity index (χ3n) is 4.19. The molecule has 4 rings (SSSR count). The van der Waals surface area contributed by atoms with Crippen LogP contribution in [0.25, 0.3) is 4.96 Å². The molecular weight excluding hydrogens is 326 g/mol. The van der Waals surface area contributed by atoms with Crippen molar-refractivity contribution in [3.8, 4) is 0 Å². The predicted molar refractivity (Wildman–Crippen MR) is 91.3 cm³/mol. The minimum atomic E-state index is -0.00454. The molecule has 1 aliphatic rings. The summed E-state index contributed by atoms with van der Waals surface area (Å²) in [5.41, 5.74) is 1.75. The Hall–Kier alpha value is -2.03. The van der Waals surface area contributed by atoms with Crippen molar-refractivity contribution in [3.63, 3.8) is 0 Å². The van der Waals surface area contributed by atoms with E-state index in [0.717, 1.165) is 36.0 Å². The number of ether oxygens (including phenoxy) is 1. The predicted octanol–water partition coefficient (Wildman–Crippen LogP) is 1.16. The van der Waals surface area contributed by atoms with Gasteiger partial charge in [-0.15, -0.1) is 11.3 Å². The Bertz CT molecular complexity index is 886. The summed E-state index contributed by atoms with van der Waals surface area (Å²) in [6.07, 6.45) is 3.82. The minimum absolute atomic E-state index is 0.00454. The monoisotopic (exact) mass is 345 g/mol. The van der Waals surface area contributed by atoms with Crippen LogP contribution in [0, 0.1) is 6.92 Å². The van der Waals surface area contributed by atoms with Crippen LogP contribution in [-0.2, 0) is 17.8 Å². The van der Waals surface area contributed by atoms with Gasteiger partial charge in [-0.3, -0.25) is 18.8 Å². The molecule has 0 N–H and O–H groups in total. The Morgan fingerprint density at radius 2 is 2.38 bits per heavy atom. The maximum atomic E-state index is 12.3. The van der Waals surface area contributed by atoms with E-state index in [0.29, 0.717) is 13.2 Å². The highest BCUT2D eigenvalue weighted by molar-refractivity contribution is 7.15. The fourth-order valence-electron chi connectivity index (χ4n) is 3.06. The van der Waals surface area contributed by atoms with Gasteiger partial charge in [0.2, 0.25) is 0 Å². The number of aromatic nitrogens is 4. The minimum Gasteiger partial charge on any atom is -0.374 e. The van der Waals surface area contributed by atoms with Crippen molar-refractivity contribution in [1.29, 1.82) is 0 Å². The van der Waals surface area contributed by atoms with E-state index in [1.54, 1.807) is 16.7 Å². The second kappa shape index (κ2) is 6.46. The van der Waals surface area contributed by atoms with Gasteiger partial charge in [0.25, 0.3) is 5.56 Å². The van der Waals surface area contributed by atoms with Crippen molar-refractivity contribution in [2.24, 2.45) is 0 Å². The van der Waals surface area contributed by atoms with Crippen molar-refractivity contribution in [2.45, 2.75) is 26.1 Å². The lowest BCUT2D eigenvalue weighted by molar-refractivity contribution is -0.0405. The molecule has 3 aromatic rings. The first-order valence-corrected chi connectivity index (χ1v) is 8.85. The molecule has 8 heteroatoms. The Balaban J connectivity index is 1.47.